The predicted molar refractivity (Wildman–Crippen MR) is 135 cm³/mol. The van der Waals surface area contributed by atoms with Crippen molar-refractivity contribution in [2.75, 3.05) is 12.4 Å². The normalized spacial score (nSPS) is 12.2. The van der Waals surface area contributed by atoms with Gasteiger partial charge in [0.05, 0.1) is 23.9 Å². The van der Waals surface area contributed by atoms with Gasteiger partial charge in [-0.15, -0.1) is 0 Å². The minimum Gasteiger partial charge on any atom is -0.494 e. The second kappa shape index (κ2) is 12.6. The Balaban J connectivity index is 2.02. The van der Waals surface area contributed by atoms with Crippen LogP contribution in [0.5, 0.6) is 11.5 Å². The van der Waals surface area contributed by atoms with Crippen LogP contribution < -0.4 is 14.8 Å². The first kappa shape index (κ1) is 34.0. The van der Waals surface area contributed by atoms with E-state index >= 15 is 0 Å². The van der Waals surface area contributed by atoms with Crippen LogP contribution in [0.25, 0.3) is 0 Å². The molecular formula is C27H17ClF9NO6. The fourth-order valence-corrected chi connectivity index (χ4v) is 4.24. The maximum Gasteiger partial charge on any atom is 0.435 e. The number of hydrogen-bond donors (Lipinski definition) is 2. The van der Waals surface area contributed by atoms with Gasteiger partial charge in [0.1, 0.15) is 5.75 Å². The van der Waals surface area contributed by atoms with E-state index in [1.807, 2.05) is 0 Å². The summed E-state index contributed by atoms with van der Waals surface area (Å²) < 4.78 is 130. The van der Waals surface area contributed by atoms with Crippen LogP contribution in [0.1, 0.15) is 42.2 Å². The summed E-state index contributed by atoms with van der Waals surface area (Å²) in [6, 6.07) is 7.97. The highest BCUT2D eigenvalue weighted by molar-refractivity contribution is 6.32. The molecule has 0 radical (unpaired) electrons. The number of amides is 1. The SMILES string of the molecule is COc1c(NC(=O)c2ccc(C(=O)O)cc2)cccc1C(=O)Cc1c(Cl)cc(C(F)(C(F)(F)F)C(F)(F)F)cc1OC(F)F. The molecule has 0 unspecified atom stereocenters. The van der Waals surface area contributed by atoms with Crippen LogP contribution in [0.15, 0.2) is 54.6 Å². The van der Waals surface area contributed by atoms with Crippen LogP contribution in [0, 0.1) is 0 Å². The van der Waals surface area contributed by atoms with Crippen molar-refractivity contribution in [2.24, 2.45) is 0 Å². The van der Waals surface area contributed by atoms with E-state index in [1.54, 1.807) is 0 Å². The molecule has 0 fully saturated rings. The monoisotopic (exact) mass is 657 g/mol. The fraction of sp³-hybridized carbons (Fsp3) is 0.222. The first-order valence-electron chi connectivity index (χ1n) is 11.8. The smallest absolute Gasteiger partial charge is 0.435 e. The summed E-state index contributed by atoms with van der Waals surface area (Å²) in [5.74, 6) is -4.80. The van der Waals surface area contributed by atoms with E-state index < -0.39 is 70.6 Å². The highest BCUT2D eigenvalue weighted by Gasteiger charge is 2.73. The molecule has 236 valence electrons. The molecule has 0 atom stereocenters. The van der Waals surface area contributed by atoms with Crippen molar-refractivity contribution >= 4 is 34.9 Å². The minimum atomic E-state index is -6.59. The highest BCUT2D eigenvalue weighted by atomic mass is 35.5. The average molecular weight is 658 g/mol. The van der Waals surface area contributed by atoms with Crippen LogP contribution in [-0.2, 0) is 12.1 Å². The second-order valence-corrected chi connectivity index (χ2v) is 9.20. The molecule has 3 aromatic carbocycles. The van der Waals surface area contributed by atoms with Crippen molar-refractivity contribution in [2.45, 2.75) is 31.1 Å². The van der Waals surface area contributed by atoms with Crippen molar-refractivity contribution in [3.8, 4) is 11.5 Å². The van der Waals surface area contributed by atoms with Crippen molar-refractivity contribution in [3.63, 3.8) is 0 Å². The number of halogens is 10. The highest BCUT2D eigenvalue weighted by Crippen LogP contribution is 2.54. The topological polar surface area (TPSA) is 102 Å². The number of carboxylic acids is 1. The number of carbonyl (C=O) groups is 3. The number of aromatic carboxylic acids is 1. The third-order valence-electron chi connectivity index (χ3n) is 6.05. The van der Waals surface area contributed by atoms with Crippen molar-refractivity contribution in [1.82, 2.24) is 0 Å². The maximum absolute atomic E-state index is 14.6. The summed E-state index contributed by atoms with van der Waals surface area (Å²) >= 11 is 5.82. The molecule has 44 heavy (non-hydrogen) atoms. The number of ether oxygens (including phenoxy) is 2. The quantitative estimate of drug-likeness (QED) is 0.172. The van der Waals surface area contributed by atoms with Crippen LogP contribution in [0.3, 0.4) is 0 Å². The van der Waals surface area contributed by atoms with Gasteiger partial charge in [0.2, 0.25) is 0 Å². The first-order valence-corrected chi connectivity index (χ1v) is 12.1. The van der Waals surface area contributed by atoms with Crippen LogP contribution in [0.4, 0.5) is 45.2 Å². The number of Topliss-reactive ketones (excluding diaryl/α,β-unsaturated/α-hetero) is 1. The summed E-state index contributed by atoms with van der Waals surface area (Å²) in [6.45, 7) is -3.83. The Kier molecular flexibility index (Phi) is 9.77. The lowest BCUT2D eigenvalue weighted by Crippen LogP contribution is -2.50. The molecule has 0 aliphatic rings. The Morgan fingerprint density at radius 1 is 0.909 bits per heavy atom. The third-order valence-corrected chi connectivity index (χ3v) is 6.39. The predicted octanol–water partition coefficient (Wildman–Crippen LogP) is 7.62. The number of methoxy groups -OCH3 is 1. The number of anilines is 1. The molecule has 0 saturated carbocycles. The molecule has 1 amide bonds. The van der Waals surface area contributed by atoms with E-state index in [1.165, 1.54) is 24.3 Å². The molecule has 3 rings (SSSR count). The van der Waals surface area contributed by atoms with Gasteiger partial charge in [-0.1, -0.05) is 17.7 Å². The Labute approximate surface area is 246 Å². The number of alkyl halides is 9. The Morgan fingerprint density at radius 3 is 1.98 bits per heavy atom. The lowest BCUT2D eigenvalue weighted by atomic mass is 9.91. The summed E-state index contributed by atoms with van der Waals surface area (Å²) in [5, 5.41) is 10.3. The number of hydrogen-bond acceptors (Lipinski definition) is 5. The van der Waals surface area contributed by atoms with Gasteiger partial charge < -0.3 is 19.9 Å². The molecule has 0 heterocycles. The van der Waals surface area contributed by atoms with E-state index in [-0.39, 0.29) is 40.3 Å². The number of nitrogens with one attached hydrogen (secondary N) is 1. The molecule has 7 nitrogen and oxygen atoms in total. The molecule has 0 saturated heterocycles. The molecule has 0 bridgehead atoms. The van der Waals surface area contributed by atoms with E-state index in [4.69, 9.17) is 21.4 Å². The van der Waals surface area contributed by atoms with Gasteiger partial charge in [-0.25, -0.2) is 9.18 Å². The number of ketones is 1. The Hall–Kier alpha value is -4.47. The summed E-state index contributed by atoms with van der Waals surface area (Å²) in [4.78, 5) is 36.9. The number of benzene rings is 3. The van der Waals surface area contributed by atoms with E-state index in [0.717, 1.165) is 25.3 Å². The van der Waals surface area contributed by atoms with Crippen molar-refractivity contribution < 1.29 is 68.5 Å². The maximum atomic E-state index is 14.6. The number of rotatable bonds is 10. The zero-order chi connectivity index (χ0) is 33.2. The number of carboxylic acid groups (broad SMARTS) is 1. The third kappa shape index (κ3) is 6.85. The van der Waals surface area contributed by atoms with Gasteiger partial charge in [-0.3, -0.25) is 9.59 Å². The molecule has 2 N–H and O–H groups in total. The van der Waals surface area contributed by atoms with E-state index in [2.05, 4.69) is 10.1 Å². The second-order valence-electron chi connectivity index (χ2n) is 8.79. The Morgan fingerprint density at radius 2 is 1.48 bits per heavy atom. The number of carbonyl (C=O) groups excluding carboxylic acids is 2. The lowest BCUT2D eigenvalue weighted by Gasteiger charge is -2.31. The first-order chi connectivity index (χ1) is 20.3. The molecule has 0 aliphatic heterocycles. The van der Waals surface area contributed by atoms with Gasteiger partial charge in [0.25, 0.3) is 5.91 Å². The molecule has 17 heteroatoms. The molecule has 0 aliphatic carbocycles. The molecule has 0 aromatic heterocycles. The Bertz CT molecular complexity index is 1560. The van der Waals surface area contributed by atoms with Crippen molar-refractivity contribution in [1.29, 1.82) is 0 Å². The van der Waals surface area contributed by atoms with Gasteiger partial charge >= 0.3 is 30.6 Å². The van der Waals surface area contributed by atoms with Crippen molar-refractivity contribution in [3.05, 3.63) is 87.4 Å². The summed E-state index contributed by atoms with van der Waals surface area (Å²) in [5.41, 5.74) is -9.63. The summed E-state index contributed by atoms with van der Waals surface area (Å²) in [7, 11) is 1.08. The van der Waals surface area contributed by atoms with E-state index in [9.17, 15) is 53.9 Å². The standard InChI is InChI=1S/C27H17ClF9NO6/c1-43-21-15(3-2-4-18(21)38-22(40)12-5-7-13(8-6-12)23(41)42)19(39)11-16-17(28)9-14(10-20(16)44-24(29)30)25(31,26(32,33)34)27(35,36)37/h2-10,24H,11H2,1H3,(H,38,40)(H,41,42). The summed E-state index contributed by atoms with van der Waals surface area (Å²) in [6.07, 6.45) is -14.3. The number of para-hydroxylation sites is 1. The largest absolute Gasteiger partial charge is 0.494 e. The van der Waals surface area contributed by atoms with Crippen LogP contribution in [0.2, 0.25) is 5.02 Å². The van der Waals surface area contributed by atoms with Crippen LogP contribution >= 0.6 is 11.6 Å². The van der Waals surface area contributed by atoms with Gasteiger partial charge in [0.15, 0.2) is 11.5 Å². The van der Waals surface area contributed by atoms with Gasteiger partial charge in [-0.2, -0.15) is 35.1 Å². The lowest BCUT2D eigenvalue weighted by molar-refractivity contribution is -0.348. The molecule has 0 spiro atoms. The van der Waals surface area contributed by atoms with E-state index in [0.29, 0.717) is 0 Å². The molecule has 3 aromatic rings. The van der Waals surface area contributed by atoms with Gasteiger partial charge in [-0.05, 0) is 48.5 Å². The van der Waals surface area contributed by atoms with Crippen LogP contribution in [-0.4, -0.2) is 48.8 Å². The van der Waals surface area contributed by atoms with Gasteiger partial charge in [0, 0.05) is 28.1 Å². The fourth-order valence-electron chi connectivity index (χ4n) is 3.96. The zero-order valence-electron chi connectivity index (χ0n) is 21.7. The zero-order valence-corrected chi connectivity index (χ0v) is 22.5. The average Bonchev–Trinajstić information content (AvgIpc) is 2.92. The molecular weight excluding hydrogens is 641 g/mol. The minimum absolute atomic E-state index is 0.00361.